The van der Waals surface area contributed by atoms with E-state index in [-0.39, 0.29) is 12.0 Å². The fourth-order valence-electron chi connectivity index (χ4n) is 2.95. The number of carbonyl (C=O) groups excluding carboxylic acids is 1. The van der Waals surface area contributed by atoms with Gasteiger partial charge in [0.05, 0.1) is 18.0 Å². The summed E-state index contributed by atoms with van der Waals surface area (Å²) in [5.74, 6) is 0.700. The molecule has 27 heavy (non-hydrogen) atoms. The summed E-state index contributed by atoms with van der Waals surface area (Å²) in [5.41, 5.74) is 3.17. The molecule has 2 aromatic heterocycles. The highest BCUT2D eigenvalue weighted by Gasteiger charge is 2.25. The molecule has 0 saturated heterocycles. The second-order valence-corrected chi connectivity index (χ2v) is 7.11. The third kappa shape index (κ3) is 3.94. The Morgan fingerprint density at radius 2 is 2.07 bits per heavy atom. The molecule has 0 aliphatic heterocycles. The number of rotatable bonds is 7. The van der Waals surface area contributed by atoms with Gasteiger partial charge in [-0.1, -0.05) is 19.1 Å². The van der Waals surface area contributed by atoms with Crippen LogP contribution in [0.25, 0.3) is 11.2 Å². The van der Waals surface area contributed by atoms with Crippen molar-refractivity contribution in [1.29, 1.82) is 0 Å². The first-order chi connectivity index (χ1) is 13.1. The summed E-state index contributed by atoms with van der Waals surface area (Å²) in [6.45, 7) is 4.60. The lowest BCUT2D eigenvalue weighted by atomic mass is 10.2. The number of carbonyl (C=O) groups is 1. The Kier molecular flexibility index (Phi) is 4.79. The number of imidazole rings is 1. The van der Waals surface area contributed by atoms with Gasteiger partial charge in [-0.25, -0.2) is 9.97 Å². The Morgan fingerprint density at radius 1 is 1.30 bits per heavy atom. The van der Waals surface area contributed by atoms with Crippen molar-refractivity contribution < 1.29 is 9.53 Å². The fraction of sp³-hybridized carbons (Fsp3) is 0.381. The highest BCUT2D eigenvalue weighted by molar-refractivity contribution is 5.96. The van der Waals surface area contributed by atoms with Crippen molar-refractivity contribution in [1.82, 2.24) is 19.9 Å². The standard InChI is InChI=1S/C21H24N4O2/c1-3-14(2)27-18-8-4-15(5-9-18)11-23-21(26)16-10-19-20(22-12-16)25(13-24-19)17-6-7-17/h4-5,8-10,12-14,17H,3,6-7,11H2,1-2H3,(H,23,26). The van der Waals surface area contributed by atoms with Crippen LogP contribution in [-0.4, -0.2) is 26.5 Å². The van der Waals surface area contributed by atoms with Crippen molar-refractivity contribution in [3.05, 3.63) is 54.0 Å². The number of hydrogen-bond donors (Lipinski definition) is 1. The fourth-order valence-corrected chi connectivity index (χ4v) is 2.95. The summed E-state index contributed by atoms with van der Waals surface area (Å²) < 4.78 is 7.87. The van der Waals surface area contributed by atoms with Crippen LogP contribution in [0.15, 0.2) is 42.9 Å². The molecule has 4 rings (SSSR count). The molecule has 2 heterocycles. The zero-order chi connectivity index (χ0) is 18.8. The molecule has 0 radical (unpaired) electrons. The maximum Gasteiger partial charge on any atom is 0.253 e. The number of aromatic nitrogens is 3. The number of pyridine rings is 1. The van der Waals surface area contributed by atoms with Crippen molar-refractivity contribution in [3.8, 4) is 5.75 Å². The van der Waals surface area contributed by atoms with Gasteiger partial charge in [-0.3, -0.25) is 4.79 Å². The predicted octanol–water partition coefficient (Wildman–Crippen LogP) is 3.87. The van der Waals surface area contributed by atoms with Crippen molar-refractivity contribution in [2.75, 3.05) is 0 Å². The molecule has 3 aromatic rings. The highest BCUT2D eigenvalue weighted by atomic mass is 16.5. The predicted molar refractivity (Wildman–Crippen MR) is 104 cm³/mol. The molecule has 0 bridgehead atoms. The van der Waals surface area contributed by atoms with E-state index in [0.717, 1.165) is 28.9 Å². The number of ether oxygens (including phenoxy) is 1. The number of amides is 1. The largest absolute Gasteiger partial charge is 0.491 e. The van der Waals surface area contributed by atoms with Gasteiger partial charge in [0.15, 0.2) is 5.65 Å². The minimum Gasteiger partial charge on any atom is -0.491 e. The van der Waals surface area contributed by atoms with Crippen molar-refractivity contribution >= 4 is 17.1 Å². The van der Waals surface area contributed by atoms with Gasteiger partial charge < -0.3 is 14.6 Å². The molecule has 1 saturated carbocycles. The van der Waals surface area contributed by atoms with Gasteiger partial charge in [-0.05, 0) is 49.9 Å². The van der Waals surface area contributed by atoms with Crippen LogP contribution >= 0.6 is 0 Å². The summed E-state index contributed by atoms with van der Waals surface area (Å²) in [5, 5.41) is 2.94. The summed E-state index contributed by atoms with van der Waals surface area (Å²) >= 11 is 0. The zero-order valence-corrected chi connectivity index (χ0v) is 15.7. The summed E-state index contributed by atoms with van der Waals surface area (Å²) in [4.78, 5) is 21.3. The quantitative estimate of drug-likeness (QED) is 0.691. The minimum atomic E-state index is -0.148. The van der Waals surface area contributed by atoms with E-state index < -0.39 is 0 Å². The van der Waals surface area contributed by atoms with E-state index in [1.54, 1.807) is 12.3 Å². The lowest BCUT2D eigenvalue weighted by molar-refractivity contribution is 0.0950. The monoisotopic (exact) mass is 364 g/mol. The number of nitrogens with zero attached hydrogens (tertiary/aromatic N) is 3. The lowest BCUT2D eigenvalue weighted by Crippen LogP contribution is -2.23. The average Bonchev–Trinajstić information content (AvgIpc) is 3.45. The molecule has 0 spiro atoms. The topological polar surface area (TPSA) is 69.0 Å². The smallest absolute Gasteiger partial charge is 0.253 e. The first-order valence-electron chi connectivity index (χ1n) is 9.50. The molecule has 1 atom stereocenters. The number of benzene rings is 1. The molecular weight excluding hydrogens is 340 g/mol. The molecule has 1 unspecified atom stereocenters. The molecule has 1 amide bonds. The van der Waals surface area contributed by atoms with Crippen LogP contribution in [0.3, 0.4) is 0 Å². The molecule has 6 nitrogen and oxygen atoms in total. The number of hydrogen-bond acceptors (Lipinski definition) is 4. The molecule has 1 N–H and O–H groups in total. The lowest BCUT2D eigenvalue weighted by Gasteiger charge is -2.13. The van der Waals surface area contributed by atoms with Gasteiger partial charge in [0.2, 0.25) is 0 Å². The van der Waals surface area contributed by atoms with Crippen LogP contribution in [0.4, 0.5) is 0 Å². The summed E-state index contributed by atoms with van der Waals surface area (Å²) in [7, 11) is 0. The first kappa shape index (κ1) is 17.5. The number of nitrogens with one attached hydrogen (secondary N) is 1. The molecule has 1 aromatic carbocycles. The molecule has 6 heteroatoms. The van der Waals surface area contributed by atoms with Gasteiger partial charge >= 0.3 is 0 Å². The van der Waals surface area contributed by atoms with E-state index in [9.17, 15) is 4.79 Å². The maximum atomic E-state index is 12.5. The third-order valence-electron chi connectivity index (χ3n) is 4.90. The Bertz CT molecular complexity index is 944. The van der Waals surface area contributed by atoms with Crippen LogP contribution in [0.1, 0.15) is 55.1 Å². The van der Waals surface area contributed by atoms with Gasteiger partial charge in [-0.2, -0.15) is 0 Å². The van der Waals surface area contributed by atoms with Crippen molar-refractivity contribution in [2.45, 2.75) is 51.8 Å². The van der Waals surface area contributed by atoms with Gasteiger partial charge in [0, 0.05) is 18.8 Å². The van der Waals surface area contributed by atoms with Crippen molar-refractivity contribution in [2.24, 2.45) is 0 Å². The van der Waals surface area contributed by atoms with Gasteiger partial charge in [0.25, 0.3) is 5.91 Å². The zero-order valence-electron chi connectivity index (χ0n) is 15.7. The van der Waals surface area contributed by atoms with Crippen LogP contribution in [0, 0.1) is 0 Å². The Labute approximate surface area is 158 Å². The molecule has 1 fully saturated rings. The van der Waals surface area contributed by atoms with Crippen LogP contribution < -0.4 is 10.1 Å². The molecule has 140 valence electrons. The average molecular weight is 364 g/mol. The SMILES string of the molecule is CCC(C)Oc1ccc(CNC(=O)c2cnc3c(c2)ncn3C2CC2)cc1. The minimum absolute atomic E-state index is 0.148. The van der Waals surface area contributed by atoms with Crippen molar-refractivity contribution in [3.63, 3.8) is 0 Å². The van der Waals surface area contributed by atoms with E-state index >= 15 is 0 Å². The van der Waals surface area contributed by atoms with E-state index in [4.69, 9.17) is 4.74 Å². The van der Waals surface area contributed by atoms with E-state index in [1.165, 1.54) is 12.8 Å². The Hall–Kier alpha value is -2.89. The summed E-state index contributed by atoms with van der Waals surface area (Å²) in [6.07, 6.45) is 6.96. The third-order valence-corrected chi connectivity index (χ3v) is 4.90. The Morgan fingerprint density at radius 3 is 2.78 bits per heavy atom. The van der Waals surface area contributed by atoms with E-state index in [1.807, 2.05) is 37.5 Å². The molecular formula is C21H24N4O2. The van der Waals surface area contributed by atoms with Crippen LogP contribution in [0.5, 0.6) is 5.75 Å². The molecule has 1 aliphatic carbocycles. The van der Waals surface area contributed by atoms with E-state index in [2.05, 4.69) is 26.8 Å². The van der Waals surface area contributed by atoms with Crippen LogP contribution in [0.2, 0.25) is 0 Å². The second kappa shape index (κ2) is 7.39. The van der Waals surface area contributed by atoms with Gasteiger partial charge in [-0.15, -0.1) is 0 Å². The normalized spacial score (nSPS) is 14.9. The molecule has 1 aliphatic rings. The van der Waals surface area contributed by atoms with Crippen LogP contribution in [-0.2, 0) is 6.54 Å². The maximum absolute atomic E-state index is 12.5. The Balaban J connectivity index is 1.38. The van der Waals surface area contributed by atoms with E-state index in [0.29, 0.717) is 18.2 Å². The summed E-state index contributed by atoms with van der Waals surface area (Å²) in [6, 6.07) is 10.1. The highest BCUT2D eigenvalue weighted by Crippen LogP contribution is 2.36. The first-order valence-corrected chi connectivity index (χ1v) is 9.50. The second-order valence-electron chi connectivity index (χ2n) is 7.11. The number of fused-ring (bicyclic) bond motifs is 1. The van der Waals surface area contributed by atoms with Gasteiger partial charge in [0.1, 0.15) is 11.3 Å².